The van der Waals surface area contributed by atoms with Crippen molar-refractivity contribution in [2.24, 2.45) is 0 Å². The molecule has 5 heteroatoms. The van der Waals surface area contributed by atoms with E-state index in [4.69, 9.17) is 4.74 Å². The number of allylic oxidation sites excluding steroid dienone is 1. The molecule has 0 spiro atoms. The molecule has 0 amide bonds. The van der Waals surface area contributed by atoms with E-state index in [0.29, 0.717) is 6.61 Å². The van der Waals surface area contributed by atoms with Gasteiger partial charge in [-0.05, 0) is 26.8 Å². The second-order valence-corrected chi connectivity index (χ2v) is 4.09. The van der Waals surface area contributed by atoms with Gasteiger partial charge in [0.15, 0.2) is 5.65 Å². The van der Waals surface area contributed by atoms with Crippen LogP contribution in [0.1, 0.15) is 26.5 Å². The van der Waals surface area contributed by atoms with Crippen molar-refractivity contribution in [3.8, 4) is 0 Å². The first-order chi connectivity index (χ1) is 8.76. The molecule has 1 unspecified atom stereocenters. The summed E-state index contributed by atoms with van der Waals surface area (Å²) in [5.41, 5.74) is 2.54. The number of fused-ring (bicyclic) bond motifs is 1. The molecule has 2 rings (SSSR count). The Labute approximate surface area is 107 Å². The fourth-order valence-corrected chi connectivity index (χ4v) is 1.93. The lowest BCUT2D eigenvalue weighted by Crippen LogP contribution is -2.16. The number of nitrogens with zero attached hydrogens (tertiary/aromatic N) is 4. The Morgan fingerprint density at radius 3 is 2.94 bits per heavy atom. The molecule has 0 radical (unpaired) electrons. The highest BCUT2D eigenvalue weighted by molar-refractivity contribution is 5.79. The highest BCUT2D eigenvalue weighted by Gasteiger charge is 2.10. The van der Waals surface area contributed by atoms with E-state index in [0.717, 1.165) is 23.4 Å². The first-order valence-corrected chi connectivity index (χ1v) is 6.16. The Morgan fingerprint density at radius 1 is 1.39 bits per heavy atom. The quantitative estimate of drug-likeness (QED) is 0.812. The van der Waals surface area contributed by atoms with E-state index in [-0.39, 0.29) is 6.10 Å². The van der Waals surface area contributed by atoms with Gasteiger partial charge >= 0.3 is 0 Å². The Kier molecular flexibility index (Phi) is 4.04. The van der Waals surface area contributed by atoms with Crippen molar-refractivity contribution in [1.29, 1.82) is 0 Å². The van der Waals surface area contributed by atoms with Gasteiger partial charge in [0, 0.05) is 6.61 Å². The van der Waals surface area contributed by atoms with Crippen LogP contribution >= 0.6 is 0 Å². The van der Waals surface area contributed by atoms with Crippen LogP contribution in [0.2, 0.25) is 0 Å². The summed E-state index contributed by atoms with van der Waals surface area (Å²) in [5.74, 6) is 0. The average molecular weight is 246 g/mol. The lowest BCUT2D eigenvalue weighted by atomic mass is 10.3. The molecule has 18 heavy (non-hydrogen) atoms. The first kappa shape index (κ1) is 12.7. The van der Waals surface area contributed by atoms with E-state index in [1.807, 2.05) is 37.5 Å². The van der Waals surface area contributed by atoms with Gasteiger partial charge < -0.3 is 9.30 Å². The maximum Gasteiger partial charge on any atom is 0.163 e. The first-order valence-electron chi connectivity index (χ1n) is 6.16. The minimum absolute atomic E-state index is 0.146. The molecule has 2 aromatic rings. The SMILES string of the molecule is CC=Cc1ncnc2c1ncn2CC(C)OCC. The zero-order valence-corrected chi connectivity index (χ0v) is 11.0. The van der Waals surface area contributed by atoms with Crippen molar-refractivity contribution in [3.05, 3.63) is 24.4 Å². The van der Waals surface area contributed by atoms with Crippen LogP contribution < -0.4 is 0 Å². The molecular formula is C13H18N4O. The number of aromatic nitrogens is 4. The summed E-state index contributed by atoms with van der Waals surface area (Å²) in [4.78, 5) is 12.9. The lowest BCUT2D eigenvalue weighted by Gasteiger charge is -2.12. The minimum atomic E-state index is 0.146. The highest BCUT2D eigenvalue weighted by Crippen LogP contribution is 2.14. The van der Waals surface area contributed by atoms with E-state index in [9.17, 15) is 0 Å². The van der Waals surface area contributed by atoms with Crippen LogP contribution in [0.3, 0.4) is 0 Å². The van der Waals surface area contributed by atoms with E-state index in [1.54, 1.807) is 12.7 Å². The second-order valence-electron chi connectivity index (χ2n) is 4.09. The van der Waals surface area contributed by atoms with E-state index < -0.39 is 0 Å². The number of imidazole rings is 1. The lowest BCUT2D eigenvalue weighted by molar-refractivity contribution is 0.0647. The van der Waals surface area contributed by atoms with Gasteiger partial charge in [0.2, 0.25) is 0 Å². The van der Waals surface area contributed by atoms with Crippen molar-refractivity contribution in [1.82, 2.24) is 19.5 Å². The molecule has 0 bridgehead atoms. The van der Waals surface area contributed by atoms with Crippen molar-refractivity contribution in [3.63, 3.8) is 0 Å². The van der Waals surface area contributed by atoms with Gasteiger partial charge in [-0.15, -0.1) is 0 Å². The van der Waals surface area contributed by atoms with Gasteiger partial charge in [-0.3, -0.25) is 0 Å². The topological polar surface area (TPSA) is 52.8 Å². The molecule has 0 N–H and O–H groups in total. The Balaban J connectivity index is 2.33. The minimum Gasteiger partial charge on any atom is -0.377 e. The summed E-state index contributed by atoms with van der Waals surface area (Å²) in [6.45, 7) is 7.46. The summed E-state index contributed by atoms with van der Waals surface area (Å²) < 4.78 is 7.54. The van der Waals surface area contributed by atoms with Crippen molar-refractivity contribution >= 4 is 17.2 Å². The molecule has 0 fully saturated rings. The smallest absolute Gasteiger partial charge is 0.163 e. The van der Waals surface area contributed by atoms with Crippen molar-refractivity contribution in [2.45, 2.75) is 33.4 Å². The molecule has 0 aliphatic carbocycles. The van der Waals surface area contributed by atoms with Crippen molar-refractivity contribution < 1.29 is 4.74 Å². The molecule has 96 valence electrons. The maximum atomic E-state index is 5.54. The van der Waals surface area contributed by atoms with Crippen LogP contribution in [0, 0.1) is 0 Å². The van der Waals surface area contributed by atoms with Crippen LogP contribution in [0.5, 0.6) is 0 Å². The van der Waals surface area contributed by atoms with E-state index in [2.05, 4.69) is 15.0 Å². The van der Waals surface area contributed by atoms with Crippen LogP contribution in [0.25, 0.3) is 17.2 Å². The Bertz CT molecular complexity index is 547. The Morgan fingerprint density at radius 2 is 2.22 bits per heavy atom. The van der Waals surface area contributed by atoms with E-state index in [1.165, 1.54) is 0 Å². The molecule has 1 atom stereocenters. The summed E-state index contributed by atoms with van der Waals surface area (Å²) in [6.07, 6.45) is 7.40. The van der Waals surface area contributed by atoms with E-state index >= 15 is 0 Å². The number of ether oxygens (including phenoxy) is 1. The molecule has 0 aliphatic rings. The fourth-order valence-electron chi connectivity index (χ4n) is 1.93. The van der Waals surface area contributed by atoms with Crippen LogP contribution in [-0.4, -0.2) is 32.2 Å². The fraction of sp³-hybridized carbons (Fsp3) is 0.462. The van der Waals surface area contributed by atoms with Gasteiger partial charge in [0.1, 0.15) is 11.8 Å². The maximum absolute atomic E-state index is 5.54. The van der Waals surface area contributed by atoms with Crippen LogP contribution in [0.4, 0.5) is 0 Å². The zero-order chi connectivity index (χ0) is 13.0. The molecule has 0 saturated heterocycles. The largest absolute Gasteiger partial charge is 0.377 e. The summed E-state index contributed by atoms with van der Waals surface area (Å²) >= 11 is 0. The summed E-state index contributed by atoms with van der Waals surface area (Å²) in [5, 5.41) is 0. The highest BCUT2D eigenvalue weighted by atomic mass is 16.5. The Hall–Kier alpha value is -1.75. The zero-order valence-electron chi connectivity index (χ0n) is 11.0. The number of hydrogen-bond acceptors (Lipinski definition) is 4. The predicted octanol–water partition coefficient (Wildman–Crippen LogP) is 2.28. The molecule has 0 saturated carbocycles. The second kappa shape index (κ2) is 5.73. The monoisotopic (exact) mass is 246 g/mol. The average Bonchev–Trinajstić information content (AvgIpc) is 2.74. The third-order valence-electron chi connectivity index (χ3n) is 2.66. The van der Waals surface area contributed by atoms with Gasteiger partial charge in [0.25, 0.3) is 0 Å². The van der Waals surface area contributed by atoms with Crippen LogP contribution in [0.15, 0.2) is 18.7 Å². The van der Waals surface area contributed by atoms with Crippen molar-refractivity contribution in [2.75, 3.05) is 6.61 Å². The third kappa shape index (κ3) is 2.56. The van der Waals surface area contributed by atoms with Gasteiger partial charge in [-0.2, -0.15) is 0 Å². The molecule has 0 aromatic carbocycles. The third-order valence-corrected chi connectivity index (χ3v) is 2.66. The normalized spacial score (nSPS) is 13.5. The van der Waals surface area contributed by atoms with Crippen LogP contribution in [-0.2, 0) is 11.3 Å². The molecule has 5 nitrogen and oxygen atoms in total. The summed E-state index contributed by atoms with van der Waals surface area (Å²) in [6, 6.07) is 0. The van der Waals surface area contributed by atoms with Gasteiger partial charge in [0.05, 0.1) is 24.7 Å². The number of hydrogen-bond donors (Lipinski definition) is 0. The molecule has 2 aromatic heterocycles. The molecule has 0 aliphatic heterocycles. The standard InChI is InChI=1S/C13H18N4O/c1-4-6-11-12-13(15-8-14-11)17(9-16-12)7-10(3)18-5-2/h4,6,8-10H,5,7H2,1-3H3. The number of rotatable bonds is 5. The van der Waals surface area contributed by atoms with Gasteiger partial charge in [-0.1, -0.05) is 6.08 Å². The molecular weight excluding hydrogens is 228 g/mol. The molecule has 2 heterocycles. The predicted molar refractivity (Wildman–Crippen MR) is 71.1 cm³/mol. The summed E-state index contributed by atoms with van der Waals surface area (Å²) in [7, 11) is 0. The van der Waals surface area contributed by atoms with Gasteiger partial charge in [-0.25, -0.2) is 15.0 Å².